The molecule has 0 bridgehead atoms. The molecule has 1 saturated carbocycles. The van der Waals surface area contributed by atoms with Gasteiger partial charge >= 0.3 is 0 Å². The molecule has 1 fully saturated rings. The van der Waals surface area contributed by atoms with Gasteiger partial charge in [0, 0.05) is 6.04 Å². The minimum Gasteiger partial charge on any atom is -0.323 e. The Morgan fingerprint density at radius 2 is 1.72 bits per heavy atom. The van der Waals surface area contributed by atoms with E-state index in [1.54, 1.807) is 11.1 Å². The minimum atomic E-state index is 0.226. The molecule has 1 aromatic carbocycles. The molecule has 3 rings (SSSR count). The maximum atomic E-state index is 6.60. The lowest BCUT2D eigenvalue weighted by atomic mass is 9.69. The highest BCUT2D eigenvalue weighted by Gasteiger charge is 2.34. The van der Waals surface area contributed by atoms with Crippen LogP contribution in [-0.4, -0.2) is 0 Å². The van der Waals surface area contributed by atoms with Crippen molar-refractivity contribution in [1.29, 1.82) is 0 Å². The van der Waals surface area contributed by atoms with Crippen LogP contribution in [0.1, 0.15) is 68.2 Å². The summed E-state index contributed by atoms with van der Waals surface area (Å²) in [6.45, 7) is 2.39. The fraction of sp³-hybridized carbons (Fsp3) is 0.647. The van der Waals surface area contributed by atoms with E-state index < -0.39 is 0 Å². The Morgan fingerprint density at radius 1 is 1.00 bits per heavy atom. The lowest BCUT2D eigenvalue weighted by Gasteiger charge is -2.39. The second-order valence-electron chi connectivity index (χ2n) is 6.57. The highest BCUT2D eigenvalue weighted by atomic mass is 14.7. The molecule has 98 valence electrons. The van der Waals surface area contributed by atoms with E-state index in [2.05, 4.69) is 25.1 Å². The van der Waals surface area contributed by atoms with Crippen LogP contribution in [0.4, 0.5) is 0 Å². The summed E-state index contributed by atoms with van der Waals surface area (Å²) in [6.07, 6.45) is 10.5. The molecule has 0 saturated heterocycles. The van der Waals surface area contributed by atoms with Crippen LogP contribution in [0.25, 0.3) is 0 Å². The average molecular weight is 243 g/mol. The third-order valence-electron chi connectivity index (χ3n) is 5.23. The Morgan fingerprint density at radius 3 is 2.50 bits per heavy atom. The van der Waals surface area contributed by atoms with Gasteiger partial charge in [-0.15, -0.1) is 0 Å². The molecule has 1 heteroatoms. The van der Waals surface area contributed by atoms with E-state index in [1.807, 2.05) is 0 Å². The molecular formula is C17H25N. The summed E-state index contributed by atoms with van der Waals surface area (Å²) in [5.41, 5.74) is 11.4. The van der Waals surface area contributed by atoms with Crippen molar-refractivity contribution in [3.8, 4) is 0 Å². The zero-order valence-electron chi connectivity index (χ0n) is 11.5. The van der Waals surface area contributed by atoms with Gasteiger partial charge in [-0.2, -0.15) is 0 Å². The summed E-state index contributed by atoms with van der Waals surface area (Å²) in [7, 11) is 0. The molecule has 2 aliphatic carbocycles. The van der Waals surface area contributed by atoms with Crippen LogP contribution in [-0.2, 0) is 12.8 Å². The number of benzene rings is 1. The first-order valence-electron chi connectivity index (χ1n) is 7.56. The van der Waals surface area contributed by atoms with Gasteiger partial charge in [-0.25, -0.2) is 0 Å². The van der Waals surface area contributed by atoms with Crippen LogP contribution in [0, 0.1) is 5.41 Å². The van der Waals surface area contributed by atoms with Gasteiger partial charge in [-0.3, -0.25) is 0 Å². The van der Waals surface area contributed by atoms with Crippen molar-refractivity contribution in [3.63, 3.8) is 0 Å². The molecule has 1 atom stereocenters. The number of rotatable bonds is 2. The summed E-state index contributed by atoms with van der Waals surface area (Å²) in [4.78, 5) is 0. The molecule has 0 aromatic heterocycles. The summed E-state index contributed by atoms with van der Waals surface area (Å²) >= 11 is 0. The molecular weight excluding hydrogens is 218 g/mol. The largest absolute Gasteiger partial charge is 0.323 e. The fourth-order valence-electron chi connectivity index (χ4n) is 3.86. The fourth-order valence-corrected chi connectivity index (χ4v) is 3.86. The molecule has 0 spiro atoms. The first-order chi connectivity index (χ1) is 8.69. The van der Waals surface area contributed by atoms with E-state index in [9.17, 15) is 0 Å². The van der Waals surface area contributed by atoms with Crippen molar-refractivity contribution in [2.75, 3.05) is 0 Å². The molecule has 0 heterocycles. The molecule has 0 aliphatic heterocycles. The van der Waals surface area contributed by atoms with Crippen molar-refractivity contribution < 1.29 is 0 Å². The maximum absolute atomic E-state index is 6.60. The first-order valence-corrected chi connectivity index (χ1v) is 7.56. The summed E-state index contributed by atoms with van der Waals surface area (Å²) < 4.78 is 0. The zero-order valence-corrected chi connectivity index (χ0v) is 11.5. The van der Waals surface area contributed by atoms with E-state index >= 15 is 0 Å². The number of hydrogen-bond donors (Lipinski definition) is 1. The van der Waals surface area contributed by atoms with E-state index in [1.165, 1.54) is 56.9 Å². The topological polar surface area (TPSA) is 26.0 Å². The van der Waals surface area contributed by atoms with E-state index in [0.717, 1.165) is 0 Å². The second-order valence-corrected chi connectivity index (χ2v) is 6.57. The quantitative estimate of drug-likeness (QED) is 0.830. The Labute approximate surface area is 111 Å². The predicted octanol–water partition coefficient (Wildman–Crippen LogP) is 4.15. The molecule has 1 nitrogen and oxygen atoms in total. The average Bonchev–Trinajstić information content (AvgIpc) is 2.86. The lowest BCUT2D eigenvalue weighted by Crippen LogP contribution is -2.33. The van der Waals surface area contributed by atoms with Crippen molar-refractivity contribution in [2.24, 2.45) is 11.1 Å². The summed E-state index contributed by atoms with van der Waals surface area (Å²) in [6, 6.07) is 7.23. The summed E-state index contributed by atoms with van der Waals surface area (Å²) in [5, 5.41) is 0. The maximum Gasteiger partial charge on any atom is 0.0349 e. The molecule has 2 aliphatic rings. The highest BCUT2D eigenvalue weighted by molar-refractivity contribution is 5.37. The third-order valence-corrected chi connectivity index (χ3v) is 5.23. The number of hydrogen-bond acceptors (Lipinski definition) is 1. The molecule has 18 heavy (non-hydrogen) atoms. The van der Waals surface area contributed by atoms with E-state index in [0.29, 0.717) is 5.41 Å². The normalized spacial score (nSPS) is 23.7. The van der Waals surface area contributed by atoms with Crippen LogP contribution < -0.4 is 5.73 Å². The Balaban J connectivity index is 1.85. The van der Waals surface area contributed by atoms with Crippen LogP contribution >= 0.6 is 0 Å². The van der Waals surface area contributed by atoms with Gasteiger partial charge in [-0.1, -0.05) is 44.4 Å². The van der Waals surface area contributed by atoms with Gasteiger partial charge in [0.15, 0.2) is 0 Å². The molecule has 0 radical (unpaired) electrons. The number of fused-ring (bicyclic) bond motifs is 1. The smallest absolute Gasteiger partial charge is 0.0349 e. The zero-order chi connectivity index (χ0) is 12.6. The first kappa shape index (κ1) is 12.2. The Hall–Kier alpha value is -0.820. The van der Waals surface area contributed by atoms with Gasteiger partial charge in [0.2, 0.25) is 0 Å². The molecule has 1 unspecified atom stereocenters. The van der Waals surface area contributed by atoms with Crippen LogP contribution in [0.15, 0.2) is 18.2 Å². The van der Waals surface area contributed by atoms with E-state index in [4.69, 9.17) is 5.73 Å². The molecule has 0 amide bonds. The standard InChI is InChI=1S/C17H25N/c1-17(10-3-2-4-11-17)16(18)15-9-8-13-6-5-7-14(13)12-15/h8-9,12,16H,2-7,10-11,18H2,1H3. The van der Waals surface area contributed by atoms with Gasteiger partial charge in [0.05, 0.1) is 0 Å². The van der Waals surface area contributed by atoms with Gasteiger partial charge < -0.3 is 5.73 Å². The van der Waals surface area contributed by atoms with Gasteiger partial charge in [0.25, 0.3) is 0 Å². The predicted molar refractivity (Wildman–Crippen MR) is 76.6 cm³/mol. The number of aryl methyl sites for hydroxylation is 2. The van der Waals surface area contributed by atoms with Crippen LogP contribution in [0.3, 0.4) is 0 Å². The van der Waals surface area contributed by atoms with Gasteiger partial charge in [-0.05, 0) is 54.2 Å². The van der Waals surface area contributed by atoms with Crippen LogP contribution in [0.2, 0.25) is 0 Å². The summed E-state index contributed by atoms with van der Waals surface area (Å²) in [5.74, 6) is 0. The highest BCUT2D eigenvalue weighted by Crippen LogP contribution is 2.44. The van der Waals surface area contributed by atoms with Gasteiger partial charge in [0.1, 0.15) is 0 Å². The lowest BCUT2D eigenvalue weighted by molar-refractivity contribution is 0.170. The Kier molecular flexibility index (Phi) is 3.19. The second kappa shape index (κ2) is 4.70. The van der Waals surface area contributed by atoms with E-state index in [-0.39, 0.29) is 6.04 Å². The monoisotopic (exact) mass is 243 g/mol. The minimum absolute atomic E-state index is 0.226. The third kappa shape index (κ3) is 2.09. The van der Waals surface area contributed by atoms with Crippen molar-refractivity contribution in [2.45, 2.75) is 64.3 Å². The van der Waals surface area contributed by atoms with Crippen molar-refractivity contribution in [1.82, 2.24) is 0 Å². The molecule has 2 N–H and O–H groups in total. The van der Waals surface area contributed by atoms with Crippen molar-refractivity contribution in [3.05, 3.63) is 34.9 Å². The van der Waals surface area contributed by atoms with Crippen molar-refractivity contribution >= 4 is 0 Å². The Bertz CT molecular complexity index is 429. The van der Waals surface area contributed by atoms with Crippen LogP contribution in [0.5, 0.6) is 0 Å². The number of nitrogens with two attached hydrogens (primary N) is 1. The SMILES string of the molecule is CC1(C(N)c2ccc3c(c2)CCC3)CCCCC1. The molecule has 1 aromatic rings.